The molecule has 0 radical (unpaired) electrons. The van der Waals surface area contributed by atoms with Crippen molar-refractivity contribution in [1.29, 1.82) is 0 Å². The van der Waals surface area contributed by atoms with Gasteiger partial charge in [-0.25, -0.2) is 14.2 Å². The lowest BCUT2D eigenvalue weighted by Gasteiger charge is -2.43. The van der Waals surface area contributed by atoms with Gasteiger partial charge in [0.1, 0.15) is 23.6 Å². The third-order valence-electron chi connectivity index (χ3n) is 9.32. The second-order valence-electron chi connectivity index (χ2n) is 12.5. The number of carbonyl (C=O) groups excluding carboxylic acids is 2. The fraction of sp³-hybridized carbons (Fsp3) is 0.333. The van der Waals surface area contributed by atoms with Crippen LogP contribution in [0.4, 0.5) is 20.6 Å². The average Bonchev–Trinajstić information content (AvgIpc) is 3.13. The predicted molar refractivity (Wildman–Crippen MR) is 181 cm³/mol. The summed E-state index contributed by atoms with van der Waals surface area (Å²) in [6.45, 7) is 1.34. The number of amides is 3. The van der Waals surface area contributed by atoms with Crippen LogP contribution in [0.3, 0.4) is 0 Å². The van der Waals surface area contributed by atoms with Crippen LogP contribution < -0.4 is 26.1 Å². The van der Waals surface area contributed by atoms with Gasteiger partial charge in [-0.1, -0.05) is 30.3 Å². The molecule has 3 amide bonds. The standard InChI is InChI=1S/C36H39FN6O6/c1-48-27-13-9-26(10-14-27)40-35(46)42-18-15-29(30(21-42)24-5-3-2-4-6-24)33(44)41-19-16-36(47,17-20-41)22-43-23-39-32(31(38)34(43)45)49-28-11-7-25(37)8-12-28/h2-14,23,29-30,47H,15-22,38H2,1H3,(H,40,46)/t29-,30+/m1/s1. The highest BCUT2D eigenvalue weighted by atomic mass is 19.1. The van der Waals surface area contributed by atoms with E-state index in [9.17, 15) is 23.9 Å². The van der Waals surface area contributed by atoms with E-state index in [4.69, 9.17) is 15.2 Å². The van der Waals surface area contributed by atoms with E-state index in [0.717, 1.165) is 5.56 Å². The summed E-state index contributed by atoms with van der Waals surface area (Å²) in [6.07, 6.45) is 2.24. The number of nitrogens with two attached hydrogens (primary N) is 1. The van der Waals surface area contributed by atoms with Crippen LogP contribution in [0, 0.1) is 11.7 Å². The van der Waals surface area contributed by atoms with E-state index in [2.05, 4.69) is 10.3 Å². The molecule has 4 N–H and O–H groups in total. The number of halogens is 1. The fourth-order valence-corrected chi connectivity index (χ4v) is 6.50. The first-order valence-electron chi connectivity index (χ1n) is 16.2. The average molecular weight is 671 g/mol. The van der Waals surface area contributed by atoms with Gasteiger partial charge in [-0.2, -0.15) is 0 Å². The van der Waals surface area contributed by atoms with Crippen molar-refractivity contribution in [3.05, 3.63) is 107 Å². The molecule has 1 aromatic heterocycles. The van der Waals surface area contributed by atoms with E-state index in [-0.39, 0.29) is 60.5 Å². The summed E-state index contributed by atoms with van der Waals surface area (Å²) in [4.78, 5) is 48.0. The van der Waals surface area contributed by atoms with E-state index in [0.29, 0.717) is 44.0 Å². The van der Waals surface area contributed by atoms with Crippen LogP contribution in [0.15, 0.2) is 90.0 Å². The van der Waals surface area contributed by atoms with Gasteiger partial charge in [0.05, 0.1) is 19.3 Å². The largest absolute Gasteiger partial charge is 0.497 e. The van der Waals surface area contributed by atoms with Crippen molar-refractivity contribution in [3.63, 3.8) is 0 Å². The Balaban J connectivity index is 1.09. The first kappa shape index (κ1) is 33.5. The molecule has 3 heterocycles. The van der Waals surface area contributed by atoms with Crippen LogP contribution in [-0.2, 0) is 11.3 Å². The number of nitrogens with one attached hydrogen (secondary N) is 1. The van der Waals surface area contributed by atoms with Gasteiger partial charge < -0.3 is 35.4 Å². The molecule has 3 aromatic carbocycles. The highest BCUT2D eigenvalue weighted by molar-refractivity contribution is 5.90. The second-order valence-corrected chi connectivity index (χ2v) is 12.5. The Labute approximate surface area is 282 Å². The van der Waals surface area contributed by atoms with Crippen LogP contribution in [-0.4, -0.2) is 75.3 Å². The van der Waals surface area contributed by atoms with Crippen LogP contribution in [0.5, 0.6) is 17.4 Å². The number of methoxy groups -OCH3 is 1. The number of urea groups is 1. The van der Waals surface area contributed by atoms with E-state index in [1.807, 2.05) is 30.3 Å². The minimum Gasteiger partial charge on any atom is -0.497 e. The molecule has 0 saturated carbocycles. The molecule has 4 aromatic rings. The number of aliphatic hydroxyl groups is 1. The highest BCUT2D eigenvalue weighted by Crippen LogP contribution is 2.36. The van der Waals surface area contributed by atoms with Crippen LogP contribution in [0.2, 0.25) is 0 Å². The first-order valence-corrected chi connectivity index (χ1v) is 16.2. The Kier molecular flexibility index (Phi) is 9.81. The number of anilines is 2. The van der Waals surface area contributed by atoms with Gasteiger partial charge >= 0.3 is 6.03 Å². The molecule has 0 spiro atoms. The number of aromatic nitrogens is 2. The molecule has 256 valence electrons. The normalized spacial score (nSPS) is 18.8. The van der Waals surface area contributed by atoms with Gasteiger partial charge in [-0.05, 0) is 73.4 Å². The molecule has 2 fully saturated rings. The molecule has 13 heteroatoms. The Morgan fingerprint density at radius 3 is 2.33 bits per heavy atom. The lowest BCUT2D eigenvalue weighted by Crippen LogP contribution is -2.53. The van der Waals surface area contributed by atoms with Crippen molar-refractivity contribution >= 4 is 23.3 Å². The van der Waals surface area contributed by atoms with Gasteiger partial charge in [0.2, 0.25) is 11.8 Å². The monoisotopic (exact) mass is 670 g/mol. The molecule has 0 unspecified atom stereocenters. The molecule has 0 aliphatic carbocycles. The topological polar surface area (TPSA) is 152 Å². The van der Waals surface area contributed by atoms with Crippen LogP contribution in [0.1, 0.15) is 30.7 Å². The fourth-order valence-electron chi connectivity index (χ4n) is 6.50. The summed E-state index contributed by atoms with van der Waals surface area (Å²) in [5.41, 5.74) is 5.58. The number of piperidine rings is 2. The Bertz CT molecular complexity index is 1830. The maximum atomic E-state index is 14.0. The molecule has 12 nitrogen and oxygen atoms in total. The summed E-state index contributed by atoms with van der Waals surface area (Å²) in [5.74, 6) is -0.166. The molecule has 2 atom stereocenters. The number of hydrogen-bond donors (Lipinski definition) is 3. The molecule has 6 rings (SSSR count). The number of benzene rings is 3. The van der Waals surface area contributed by atoms with Gasteiger partial charge in [0.25, 0.3) is 5.56 Å². The lowest BCUT2D eigenvalue weighted by atomic mass is 9.79. The Morgan fingerprint density at radius 1 is 0.980 bits per heavy atom. The summed E-state index contributed by atoms with van der Waals surface area (Å²) >= 11 is 0. The van der Waals surface area contributed by atoms with E-state index >= 15 is 0 Å². The lowest BCUT2D eigenvalue weighted by molar-refractivity contribution is -0.142. The minimum atomic E-state index is -1.27. The Morgan fingerprint density at radius 2 is 1.65 bits per heavy atom. The molecular formula is C36H39FN6O6. The van der Waals surface area contributed by atoms with Gasteiger partial charge in [0.15, 0.2) is 5.69 Å². The summed E-state index contributed by atoms with van der Waals surface area (Å²) in [5, 5.41) is 14.4. The molecule has 0 bridgehead atoms. The molecule has 2 saturated heterocycles. The Hall–Kier alpha value is -5.43. The van der Waals surface area contributed by atoms with Crippen molar-refractivity contribution in [2.45, 2.75) is 37.3 Å². The van der Waals surface area contributed by atoms with Crippen LogP contribution in [0.25, 0.3) is 0 Å². The number of rotatable bonds is 8. The van der Waals surface area contributed by atoms with Crippen molar-refractivity contribution in [1.82, 2.24) is 19.4 Å². The quantitative estimate of drug-likeness (QED) is 0.249. The van der Waals surface area contributed by atoms with Crippen molar-refractivity contribution < 1.29 is 28.6 Å². The van der Waals surface area contributed by atoms with Crippen molar-refractivity contribution in [3.8, 4) is 17.4 Å². The van der Waals surface area contributed by atoms with Crippen LogP contribution >= 0.6 is 0 Å². The molecule has 2 aliphatic rings. The van der Waals surface area contributed by atoms with E-state index in [1.54, 1.807) is 41.2 Å². The van der Waals surface area contributed by atoms with E-state index in [1.165, 1.54) is 35.2 Å². The maximum absolute atomic E-state index is 14.0. The minimum absolute atomic E-state index is 0.0171. The molecular weight excluding hydrogens is 631 g/mol. The summed E-state index contributed by atoms with van der Waals surface area (Å²) < 4.78 is 25.2. The number of ether oxygens (including phenoxy) is 2. The van der Waals surface area contributed by atoms with Gasteiger partial charge in [-0.15, -0.1) is 0 Å². The zero-order valence-electron chi connectivity index (χ0n) is 27.1. The third-order valence-corrected chi connectivity index (χ3v) is 9.32. The smallest absolute Gasteiger partial charge is 0.321 e. The second kappa shape index (κ2) is 14.4. The van der Waals surface area contributed by atoms with Crippen molar-refractivity contribution in [2.75, 3.05) is 44.3 Å². The maximum Gasteiger partial charge on any atom is 0.321 e. The SMILES string of the molecule is COc1ccc(NC(=O)N2CC[C@@H](C(=O)N3CCC(O)(Cn4cnc(Oc5ccc(F)cc5)c(N)c4=O)CC3)[C@H](c3ccccc3)C2)cc1. The molecule has 2 aliphatic heterocycles. The zero-order chi connectivity index (χ0) is 34.5. The van der Waals surface area contributed by atoms with Gasteiger partial charge in [0, 0.05) is 43.7 Å². The third kappa shape index (κ3) is 7.67. The number of nitrogen functional groups attached to an aromatic ring is 1. The number of likely N-dealkylation sites (tertiary alicyclic amines) is 2. The van der Waals surface area contributed by atoms with Gasteiger partial charge in [-0.3, -0.25) is 14.2 Å². The number of carbonyl (C=O) groups is 2. The number of nitrogens with zero attached hydrogens (tertiary/aromatic N) is 4. The van der Waals surface area contributed by atoms with Crippen molar-refractivity contribution in [2.24, 2.45) is 5.92 Å². The predicted octanol–water partition coefficient (Wildman–Crippen LogP) is 4.46. The summed E-state index contributed by atoms with van der Waals surface area (Å²) in [7, 11) is 1.58. The molecule has 49 heavy (non-hydrogen) atoms. The summed E-state index contributed by atoms with van der Waals surface area (Å²) in [6, 6.07) is 21.8. The zero-order valence-corrected chi connectivity index (χ0v) is 27.1. The first-order chi connectivity index (χ1) is 23.6. The highest BCUT2D eigenvalue weighted by Gasteiger charge is 2.41. The number of hydrogen-bond acceptors (Lipinski definition) is 8. The van der Waals surface area contributed by atoms with E-state index < -0.39 is 17.0 Å².